The molecule has 1 rings (SSSR count). The van der Waals surface area contributed by atoms with E-state index in [9.17, 15) is 34.5 Å². The number of rotatable bonds is 47. The maximum absolute atomic E-state index is 13.1. The Labute approximate surface area is 464 Å². The molecule has 0 spiro atoms. The van der Waals surface area contributed by atoms with Gasteiger partial charge < -0.3 is 39.0 Å². The molecule has 1 aliphatic heterocycles. The van der Waals surface area contributed by atoms with Gasteiger partial charge in [0.15, 0.2) is 24.6 Å². The molecule has 77 heavy (non-hydrogen) atoms. The fourth-order valence-corrected chi connectivity index (χ4v) is 7.88. The van der Waals surface area contributed by atoms with Gasteiger partial charge in [-0.1, -0.05) is 206 Å². The molecular formula is C65H100O12. The van der Waals surface area contributed by atoms with Crippen molar-refractivity contribution >= 4 is 23.9 Å². The first-order chi connectivity index (χ1) is 37.6. The van der Waals surface area contributed by atoms with E-state index in [4.69, 9.17) is 23.7 Å². The Hall–Kier alpha value is -5.14. The zero-order valence-electron chi connectivity index (χ0n) is 47.4. The van der Waals surface area contributed by atoms with Crippen LogP contribution in [0.5, 0.6) is 0 Å². The van der Waals surface area contributed by atoms with Crippen molar-refractivity contribution in [3.63, 3.8) is 0 Å². The van der Waals surface area contributed by atoms with Crippen molar-refractivity contribution in [2.45, 2.75) is 237 Å². The van der Waals surface area contributed by atoms with Gasteiger partial charge in [0.25, 0.3) is 0 Å². The minimum atomic E-state index is -1.93. The van der Waals surface area contributed by atoms with Crippen molar-refractivity contribution in [3.05, 3.63) is 134 Å². The molecule has 0 aromatic rings. The van der Waals surface area contributed by atoms with Gasteiger partial charge in [-0.2, -0.15) is 0 Å². The summed E-state index contributed by atoms with van der Waals surface area (Å²) in [6.45, 7) is 5.53. The molecule has 1 heterocycles. The van der Waals surface area contributed by atoms with E-state index in [2.05, 4.69) is 136 Å². The second-order valence-electron chi connectivity index (χ2n) is 19.1. The van der Waals surface area contributed by atoms with Crippen LogP contribution in [0, 0.1) is 0 Å². The van der Waals surface area contributed by atoms with Crippen LogP contribution in [0.4, 0.5) is 0 Å². The lowest BCUT2D eigenvalue weighted by Gasteiger charge is -2.40. The summed E-state index contributed by atoms with van der Waals surface area (Å²) in [6.07, 6.45) is 60.2. The topological polar surface area (TPSA) is 175 Å². The maximum Gasteiger partial charge on any atom is 0.335 e. The lowest BCUT2D eigenvalue weighted by atomic mass is 9.98. The minimum absolute atomic E-state index is 0.0266. The molecule has 1 saturated heterocycles. The predicted octanol–water partition coefficient (Wildman–Crippen LogP) is 15.0. The minimum Gasteiger partial charge on any atom is -0.479 e. The summed E-state index contributed by atoms with van der Waals surface area (Å²) in [5, 5.41) is 31.5. The molecule has 1 aliphatic rings. The van der Waals surface area contributed by atoms with Crippen molar-refractivity contribution in [3.8, 4) is 0 Å². The highest BCUT2D eigenvalue weighted by Crippen LogP contribution is 2.26. The highest BCUT2D eigenvalue weighted by Gasteiger charge is 2.50. The average molecular weight is 1070 g/mol. The molecule has 432 valence electrons. The highest BCUT2D eigenvalue weighted by molar-refractivity contribution is 5.74. The SMILES string of the molecule is CC/C=C\C/C=C\C/C=C\C/C=C\C/C=C\CC(=O)OCC(COC1OC(C(=O)O)C(O)C(O)C1OC(=O)CCCCCCCCC/C=C\C/C=C\C/C=C\CC)OC(=O)CCCCCCC/C=C\C/C=C\C/C=C\CC. The van der Waals surface area contributed by atoms with Crippen LogP contribution in [0.15, 0.2) is 134 Å². The third kappa shape index (κ3) is 41.6. The molecule has 12 nitrogen and oxygen atoms in total. The number of aliphatic carboxylic acids is 1. The summed E-state index contributed by atoms with van der Waals surface area (Å²) in [6, 6.07) is 0. The second-order valence-corrected chi connectivity index (χ2v) is 19.1. The summed E-state index contributed by atoms with van der Waals surface area (Å²) in [5.41, 5.74) is 0. The molecule has 6 atom stereocenters. The van der Waals surface area contributed by atoms with Crippen LogP contribution in [0.3, 0.4) is 0 Å². The van der Waals surface area contributed by atoms with Gasteiger partial charge in [-0.3, -0.25) is 14.4 Å². The zero-order chi connectivity index (χ0) is 56.1. The van der Waals surface area contributed by atoms with Gasteiger partial charge in [0.05, 0.1) is 13.0 Å². The van der Waals surface area contributed by atoms with E-state index in [0.717, 1.165) is 141 Å². The Bertz CT molecular complexity index is 1850. The number of hydrogen-bond acceptors (Lipinski definition) is 11. The molecule has 0 aromatic carbocycles. The fraction of sp³-hybridized carbons (Fsp3) is 0.600. The van der Waals surface area contributed by atoms with Crippen molar-refractivity contribution in [1.29, 1.82) is 0 Å². The molecule has 0 bridgehead atoms. The molecule has 0 aliphatic carbocycles. The van der Waals surface area contributed by atoms with Gasteiger partial charge in [0.1, 0.15) is 18.8 Å². The number of carboxylic acid groups (broad SMARTS) is 1. The number of carboxylic acids is 1. The number of carbonyl (C=O) groups excluding carboxylic acids is 3. The van der Waals surface area contributed by atoms with Crippen LogP contribution >= 0.6 is 0 Å². The maximum atomic E-state index is 13.1. The van der Waals surface area contributed by atoms with Gasteiger partial charge in [-0.25, -0.2) is 4.79 Å². The molecule has 6 unspecified atom stereocenters. The first-order valence-electron chi connectivity index (χ1n) is 29.2. The van der Waals surface area contributed by atoms with Gasteiger partial charge in [0.2, 0.25) is 0 Å². The summed E-state index contributed by atoms with van der Waals surface area (Å²) in [7, 11) is 0. The van der Waals surface area contributed by atoms with E-state index in [0.29, 0.717) is 19.3 Å². The van der Waals surface area contributed by atoms with Crippen LogP contribution < -0.4 is 0 Å². The quantitative estimate of drug-likeness (QED) is 0.0228. The highest BCUT2D eigenvalue weighted by atomic mass is 16.7. The lowest BCUT2D eigenvalue weighted by Crippen LogP contribution is -2.61. The molecule has 12 heteroatoms. The normalized spacial score (nSPS) is 19.0. The number of ether oxygens (including phenoxy) is 5. The summed E-state index contributed by atoms with van der Waals surface area (Å²) in [4.78, 5) is 51.1. The second kappa shape index (κ2) is 51.6. The smallest absolute Gasteiger partial charge is 0.335 e. The van der Waals surface area contributed by atoms with Crippen molar-refractivity contribution in [2.75, 3.05) is 13.2 Å². The van der Waals surface area contributed by atoms with E-state index in [1.54, 1.807) is 6.08 Å². The van der Waals surface area contributed by atoms with Crippen molar-refractivity contribution in [1.82, 2.24) is 0 Å². The first-order valence-corrected chi connectivity index (χ1v) is 29.2. The predicted molar refractivity (Wildman–Crippen MR) is 312 cm³/mol. The fourth-order valence-electron chi connectivity index (χ4n) is 7.88. The van der Waals surface area contributed by atoms with Crippen LogP contribution in [-0.2, 0) is 42.9 Å². The lowest BCUT2D eigenvalue weighted by molar-refractivity contribution is -0.301. The number of aliphatic hydroxyl groups excluding tert-OH is 2. The molecule has 0 saturated carbocycles. The Balaban J connectivity index is 2.77. The van der Waals surface area contributed by atoms with Gasteiger partial charge >= 0.3 is 23.9 Å². The Morgan fingerprint density at radius 3 is 1.25 bits per heavy atom. The van der Waals surface area contributed by atoms with Gasteiger partial charge in [0, 0.05) is 12.8 Å². The number of aliphatic hydroxyl groups is 2. The zero-order valence-corrected chi connectivity index (χ0v) is 47.4. The van der Waals surface area contributed by atoms with E-state index in [1.807, 2.05) is 12.2 Å². The third-order valence-corrected chi connectivity index (χ3v) is 12.2. The Morgan fingerprint density at radius 2 is 0.818 bits per heavy atom. The van der Waals surface area contributed by atoms with Crippen molar-refractivity contribution < 1.29 is 58.2 Å². The molecule has 3 N–H and O–H groups in total. The molecule has 0 amide bonds. The van der Waals surface area contributed by atoms with Crippen LogP contribution in [0.2, 0.25) is 0 Å². The summed E-state index contributed by atoms with van der Waals surface area (Å²) >= 11 is 0. The molecular weight excluding hydrogens is 973 g/mol. The number of hydrogen-bond donors (Lipinski definition) is 3. The van der Waals surface area contributed by atoms with Crippen LogP contribution in [-0.4, -0.2) is 89.2 Å². The Kier molecular flexibility index (Phi) is 46.8. The molecule has 0 aromatic heterocycles. The van der Waals surface area contributed by atoms with Crippen LogP contribution in [0.1, 0.15) is 201 Å². The van der Waals surface area contributed by atoms with E-state index >= 15 is 0 Å². The monoisotopic (exact) mass is 1070 g/mol. The van der Waals surface area contributed by atoms with Gasteiger partial charge in [-0.05, 0) is 109 Å². The summed E-state index contributed by atoms with van der Waals surface area (Å²) < 4.78 is 28.3. The van der Waals surface area contributed by atoms with Crippen LogP contribution in [0.25, 0.3) is 0 Å². The number of carbonyl (C=O) groups is 4. The van der Waals surface area contributed by atoms with Crippen molar-refractivity contribution in [2.24, 2.45) is 0 Å². The standard InChI is InChI=1S/C65H100O12/c1-4-7-10-13-16-19-22-25-28-29-32-35-38-41-44-47-50-53-59(68)76-63-61(70)60(69)62(64(71)72)77-65(63)74-55-56(75-58(67)52-49-46-43-40-37-34-31-27-24-21-18-15-12-9-6-3)54-73-57(66)51-48-45-42-39-36-33-30-26-23-20-17-14-11-8-5-2/h7-12,16-21,25-28,30-31,36,39,45,48,56,60-63,65,69-70H,4-6,13-15,22-24,29,32-35,37-38,40-44,46-47,49-55H2,1-3H3,(H,71,72)/b10-7-,11-8-,12-9-,19-16-,20-17-,21-18-,28-25-,30-26-,31-27-,39-36-,48-45-. The first kappa shape index (κ1) is 69.9. The average Bonchev–Trinajstić information content (AvgIpc) is 3.42. The molecule has 1 fully saturated rings. The van der Waals surface area contributed by atoms with E-state index in [1.165, 1.54) is 0 Å². The number of allylic oxidation sites excluding steroid dienone is 21. The van der Waals surface area contributed by atoms with E-state index < -0.39 is 67.3 Å². The largest absolute Gasteiger partial charge is 0.479 e. The Morgan fingerprint density at radius 1 is 0.442 bits per heavy atom. The number of unbranched alkanes of at least 4 members (excludes halogenated alkanes) is 12. The molecule has 0 radical (unpaired) electrons. The third-order valence-electron chi connectivity index (χ3n) is 12.2. The van der Waals surface area contributed by atoms with Gasteiger partial charge in [-0.15, -0.1) is 0 Å². The van der Waals surface area contributed by atoms with E-state index in [-0.39, 0.29) is 25.9 Å². The number of esters is 3. The summed E-state index contributed by atoms with van der Waals surface area (Å²) in [5.74, 6) is -3.34.